The third kappa shape index (κ3) is 2.43. The molecule has 1 nitrogen and oxygen atoms in total. The quantitative estimate of drug-likeness (QED) is 0.559. The van der Waals surface area contributed by atoms with Crippen LogP contribution in [0, 0.1) is 6.92 Å². The molecule has 0 spiro atoms. The van der Waals surface area contributed by atoms with Crippen LogP contribution in [0.15, 0.2) is 18.3 Å². The van der Waals surface area contributed by atoms with Gasteiger partial charge in [-0.1, -0.05) is 28.7 Å². The number of aromatic nitrogens is 1. The third-order valence-corrected chi connectivity index (χ3v) is 2.22. The summed E-state index contributed by atoms with van der Waals surface area (Å²) in [6.45, 7) is 6.36. The van der Waals surface area contributed by atoms with Gasteiger partial charge in [0, 0.05) is 15.3 Å². The van der Waals surface area contributed by atoms with Crippen molar-refractivity contribution >= 4 is 22.6 Å². The Bertz CT molecular complexity index is 233. The van der Waals surface area contributed by atoms with Gasteiger partial charge in [0.05, 0.1) is 0 Å². The molecule has 2 heteroatoms. The summed E-state index contributed by atoms with van der Waals surface area (Å²) in [7, 11) is 0. The van der Waals surface area contributed by atoms with Crippen molar-refractivity contribution in [1.29, 1.82) is 0 Å². The first-order valence-corrected chi connectivity index (χ1v) is 4.70. The lowest BCUT2D eigenvalue weighted by molar-refractivity contribution is 0.817. The average Bonchev–Trinajstić information content (AvgIpc) is 1.86. The van der Waals surface area contributed by atoms with Crippen LogP contribution < -0.4 is 0 Å². The van der Waals surface area contributed by atoms with Crippen molar-refractivity contribution in [2.75, 3.05) is 0 Å². The van der Waals surface area contributed by atoms with Crippen molar-refractivity contribution in [3.8, 4) is 0 Å². The number of aryl methyl sites for hydroxylation is 1. The molecule has 0 amide bonds. The third-order valence-electron chi connectivity index (χ3n) is 1.60. The lowest BCUT2D eigenvalue weighted by atomic mass is 10.1. The summed E-state index contributed by atoms with van der Waals surface area (Å²) in [4.78, 5) is 4.24. The highest BCUT2D eigenvalue weighted by molar-refractivity contribution is 14.1. The Kier molecular flexibility index (Phi) is 2.52. The molecule has 0 unspecified atom stereocenters. The molecule has 1 aromatic rings. The van der Waals surface area contributed by atoms with E-state index in [4.69, 9.17) is 0 Å². The van der Waals surface area contributed by atoms with Crippen LogP contribution in [0.2, 0.25) is 0 Å². The molecule has 0 aliphatic heterocycles. The molecular weight excluding hydrogens is 249 g/mol. The van der Waals surface area contributed by atoms with Crippen LogP contribution in [0.1, 0.15) is 25.1 Å². The van der Waals surface area contributed by atoms with Gasteiger partial charge in [-0.15, -0.1) is 0 Å². The normalized spacial score (nSPS) is 11.6. The fraction of sp³-hybridized carbons (Fsp3) is 0.444. The number of pyridine rings is 1. The van der Waals surface area contributed by atoms with E-state index in [1.54, 1.807) is 0 Å². The first-order chi connectivity index (χ1) is 5.00. The largest absolute Gasteiger partial charge is 0.261 e. The average molecular weight is 261 g/mol. The van der Waals surface area contributed by atoms with Crippen LogP contribution in [-0.4, -0.2) is 4.98 Å². The van der Waals surface area contributed by atoms with Gasteiger partial charge in [0.25, 0.3) is 0 Å². The summed E-state index contributed by atoms with van der Waals surface area (Å²) in [6, 6.07) is 4.19. The highest BCUT2D eigenvalue weighted by Gasteiger charge is 2.14. The van der Waals surface area contributed by atoms with Crippen LogP contribution >= 0.6 is 22.6 Å². The van der Waals surface area contributed by atoms with E-state index in [0.29, 0.717) is 0 Å². The molecule has 0 aromatic carbocycles. The second-order valence-corrected chi connectivity index (χ2v) is 5.86. The maximum Gasteiger partial charge on any atom is 0.0429 e. The number of alkyl halides is 1. The standard InChI is InChI=1S/C9H12IN/c1-7-4-5-8(6-11-7)9(2,3)10/h4-6H,1-3H3. The predicted molar refractivity (Wildman–Crippen MR) is 56.0 cm³/mol. The predicted octanol–water partition coefficient (Wildman–Crippen LogP) is 3.06. The van der Waals surface area contributed by atoms with Crippen molar-refractivity contribution < 1.29 is 0 Å². The second kappa shape index (κ2) is 3.09. The summed E-state index contributed by atoms with van der Waals surface area (Å²) >= 11 is 2.41. The van der Waals surface area contributed by atoms with E-state index in [9.17, 15) is 0 Å². The zero-order valence-corrected chi connectivity index (χ0v) is 9.21. The maximum atomic E-state index is 4.24. The van der Waals surface area contributed by atoms with Gasteiger partial charge in [-0.2, -0.15) is 0 Å². The highest BCUT2D eigenvalue weighted by Crippen LogP contribution is 2.29. The maximum absolute atomic E-state index is 4.24. The number of hydrogen-bond donors (Lipinski definition) is 0. The molecule has 60 valence electrons. The van der Waals surface area contributed by atoms with Gasteiger partial charge in [0.15, 0.2) is 0 Å². The van der Waals surface area contributed by atoms with Crippen molar-refractivity contribution in [3.05, 3.63) is 29.6 Å². The zero-order valence-electron chi connectivity index (χ0n) is 7.06. The van der Waals surface area contributed by atoms with E-state index in [1.165, 1.54) is 5.56 Å². The molecule has 0 atom stereocenters. The first-order valence-electron chi connectivity index (χ1n) is 3.62. The molecule has 1 aromatic heterocycles. The van der Waals surface area contributed by atoms with Gasteiger partial charge in [-0.3, -0.25) is 4.98 Å². The van der Waals surface area contributed by atoms with Gasteiger partial charge >= 0.3 is 0 Å². The van der Waals surface area contributed by atoms with E-state index in [-0.39, 0.29) is 3.42 Å². The van der Waals surface area contributed by atoms with Gasteiger partial charge in [0.2, 0.25) is 0 Å². The smallest absolute Gasteiger partial charge is 0.0429 e. The van der Waals surface area contributed by atoms with E-state index in [1.807, 2.05) is 13.1 Å². The van der Waals surface area contributed by atoms with Gasteiger partial charge < -0.3 is 0 Å². The monoisotopic (exact) mass is 261 g/mol. The molecule has 0 saturated carbocycles. The first kappa shape index (κ1) is 8.97. The fourth-order valence-electron chi connectivity index (χ4n) is 0.819. The molecule has 0 saturated heterocycles. The van der Waals surface area contributed by atoms with Crippen LogP contribution in [-0.2, 0) is 3.42 Å². The summed E-state index contributed by atoms with van der Waals surface area (Å²) < 4.78 is 0.193. The Morgan fingerprint density at radius 3 is 2.36 bits per heavy atom. The summed E-state index contributed by atoms with van der Waals surface area (Å²) in [5.74, 6) is 0. The van der Waals surface area contributed by atoms with Crippen LogP contribution in [0.25, 0.3) is 0 Å². The van der Waals surface area contributed by atoms with Crippen LogP contribution in [0.4, 0.5) is 0 Å². The molecule has 0 radical (unpaired) electrons. The molecule has 1 heterocycles. The SMILES string of the molecule is Cc1ccc(C(C)(C)I)cn1. The number of halogens is 1. The Balaban J connectivity index is 2.99. The van der Waals surface area contributed by atoms with Crippen molar-refractivity contribution in [2.24, 2.45) is 0 Å². The van der Waals surface area contributed by atoms with Crippen molar-refractivity contribution in [1.82, 2.24) is 4.98 Å². The zero-order chi connectivity index (χ0) is 8.48. The summed E-state index contributed by atoms with van der Waals surface area (Å²) in [5.41, 5.74) is 2.36. The topological polar surface area (TPSA) is 12.9 Å². The molecule has 1 rings (SSSR count). The van der Waals surface area contributed by atoms with E-state index >= 15 is 0 Å². The number of rotatable bonds is 1. The minimum Gasteiger partial charge on any atom is -0.261 e. The molecule has 0 aliphatic carbocycles. The Morgan fingerprint density at radius 1 is 1.36 bits per heavy atom. The minimum atomic E-state index is 0.193. The Labute approximate surface area is 81.4 Å². The summed E-state index contributed by atoms with van der Waals surface area (Å²) in [6.07, 6.45) is 1.95. The fourth-order valence-corrected chi connectivity index (χ4v) is 1.14. The van der Waals surface area contributed by atoms with Crippen molar-refractivity contribution in [3.63, 3.8) is 0 Å². The van der Waals surface area contributed by atoms with Crippen molar-refractivity contribution in [2.45, 2.75) is 24.2 Å². The highest BCUT2D eigenvalue weighted by atomic mass is 127. The lowest BCUT2D eigenvalue weighted by Gasteiger charge is -2.15. The lowest BCUT2D eigenvalue weighted by Crippen LogP contribution is -2.06. The Hall–Kier alpha value is -0.120. The number of nitrogens with zero attached hydrogens (tertiary/aromatic N) is 1. The van der Waals surface area contributed by atoms with Gasteiger partial charge in [0.1, 0.15) is 0 Å². The van der Waals surface area contributed by atoms with E-state index in [2.05, 4.69) is 53.6 Å². The van der Waals surface area contributed by atoms with Crippen LogP contribution in [0.5, 0.6) is 0 Å². The number of hydrogen-bond acceptors (Lipinski definition) is 1. The molecule has 0 fully saturated rings. The van der Waals surface area contributed by atoms with Gasteiger partial charge in [-0.05, 0) is 32.4 Å². The molecule has 0 bridgehead atoms. The van der Waals surface area contributed by atoms with Gasteiger partial charge in [-0.25, -0.2) is 0 Å². The molecule has 0 aliphatic rings. The van der Waals surface area contributed by atoms with Crippen LogP contribution in [0.3, 0.4) is 0 Å². The molecule has 0 N–H and O–H groups in total. The molecule has 11 heavy (non-hydrogen) atoms. The Morgan fingerprint density at radius 2 is 2.00 bits per heavy atom. The second-order valence-electron chi connectivity index (χ2n) is 3.16. The molecular formula is C9H12IN. The van der Waals surface area contributed by atoms with E-state index < -0.39 is 0 Å². The summed E-state index contributed by atoms with van der Waals surface area (Å²) in [5, 5.41) is 0. The van der Waals surface area contributed by atoms with E-state index in [0.717, 1.165) is 5.69 Å². The minimum absolute atomic E-state index is 0.193.